The number of aryl methyl sites for hydroxylation is 2. The van der Waals surface area contributed by atoms with E-state index in [0.29, 0.717) is 43.3 Å². The van der Waals surface area contributed by atoms with Gasteiger partial charge in [0.2, 0.25) is 27.6 Å². The lowest BCUT2D eigenvalue weighted by atomic mass is 10.0. The molecule has 1 aliphatic rings. The zero-order chi connectivity index (χ0) is 24.3. The van der Waals surface area contributed by atoms with E-state index in [1.54, 1.807) is 35.2 Å². The summed E-state index contributed by atoms with van der Waals surface area (Å²) in [5.74, 6) is 0.220. The van der Waals surface area contributed by atoms with Crippen molar-refractivity contribution < 1.29 is 22.1 Å². The number of carbonyl (C=O) groups excluding carboxylic acids is 1. The van der Waals surface area contributed by atoms with Gasteiger partial charge in [-0.2, -0.15) is 9.29 Å². The molecular weight excluding hydrogens is 459 g/mol. The number of halogens is 1. The first-order valence-corrected chi connectivity index (χ1v) is 12.8. The molecule has 1 aliphatic heterocycles. The largest absolute Gasteiger partial charge is 0.339 e. The Kier molecular flexibility index (Phi) is 7.08. The first-order chi connectivity index (χ1) is 16.3. The molecule has 0 saturated heterocycles. The minimum absolute atomic E-state index is 0.0955. The van der Waals surface area contributed by atoms with Crippen LogP contribution in [0.15, 0.2) is 51.9 Å². The van der Waals surface area contributed by atoms with Gasteiger partial charge in [-0.25, -0.2) is 12.8 Å². The smallest absolute Gasteiger partial charge is 0.243 e. The first-order valence-electron chi connectivity index (χ1n) is 11.4. The molecule has 4 rings (SSSR count). The minimum atomic E-state index is -3.56. The van der Waals surface area contributed by atoms with Crippen molar-refractivity contribution in [3.8, 4) is 11.4 Å². The number of carbonyl (C=O) groups is 1. The number of hydrogen-bond donors (Lipinski definition) is 0. The van der Waals surface area contributed by atoms with Gasteiger partial charge < -0.3 is 9.42 Å². The number of amides is 1. The summed E-state index contributed by atoms with van der Waals surface area (Å²) in [6.07, 6.45) is 1.91. The number of sulfonamides is 1. The van der Waals surface area contributed by atoms with Gasteiger partial charge in [0, 0.05) is 43.7 Å². The number of hydrogen-bond acceptors (Lipinski definition) is 6. The predicted octanol–water partition coefficient (Wildman–Crippen LogP) is 3.82. The van der Waals surface area contributed by atoms with E-state index in [2.05, 4.69) is 10.1 Å². The molecule has 0 atom stereocenters. The fraction of sp³-hybridized carbons (Fsp3) is 0.375. The van der Waals surface area contributed by atoms with Gasteiger partial charge in [-0.15, -0.1) is 0 Å². The molecular formula is C24H27FN4O4S. The van der Waals surface area contributed by atoms with Crippen molar-refractivity contribution in [2.24, 2.45) is 0 Å². The van der Waals surface area contributed by atoms with E-state index in [-0.39, 0.29) is 29.5 Å². The molecule has 2 heterocycles. The second-order valence-corrected chi connectivity index (χ2v) is 9.99. The topological polar surface area (TPSA) is 96.6 Å². The molecule has 0 fully saturated rings. The number of nitrogens with zero attached hydrogens (tertiary/aromatic N) is 4. The highest BCUT2D eigenvalue weighted by molar-refractivity contribution is 7.89. The number of aromatic nitrogens is 2. The Bertz CT molecular complexity index is 1270. The lowest BCUT2D eigenvalue weighted by Gasteiger charge is -2.30. The molecule has 8 nitrogen and oxygen atoms in total. The average Bonchev–Trinajstić information content (AvgIpc) is 3.32. The molecule has 0 radical (unpaired) electrons. The standard InChI is InChI=1S/C24H27FN4O4S/c1-3-28(4-2)34(31,32)20-11-12-21-18(16-20)6-5-15-29(21)23(30)14-13-22-26-24(27-33-22)17-7-9-19(25)10-8-17/h7-12,16H,3-6,13-15H2,1-2H3. The van der Waals surface area contributed by atoms with Crippen molar-refractivity contribution in [1.82, 2.24) is 14.4 Å². The van der Waals surface area contributed by atoms with E-state index in [4.69, 9.17) is 4.52 Å². The number of rotatable bonds is 8. The zero-order valence-corrected chi connectivity index (χ0v) is 20.0. The normalized spacial score (nSPS) is 13.8. The van der Waals surface area contributed by atoms with Gasteiger partial charge in [0.05, 0.1) is 4.90 Å². The van der Waals surface area contributed by atoms with Crippen LogP contribution in [0.1, 0.15) is 38.1 Å². The maximum Gasteiger partial charge on any atom is 0.243 e. The van der Waals surface area contributed by atoms with Crippen LogP contribution in [-0.2, 0) is 27.7 Å². The molecule has 0 aliphatic carbocycles. The lowest BCUT2D eigenvalue weighted by Crippen LogP contribution is -2.36. The maximum atomic E-state index is 13.1. The Balaban J connectivity index is 1.46. The third-order valence-corrected chi connectivity index (χ3v) is 7.98. The van der Waals surface area contributed by atoms with Crippen LogP contribution >= 0.6 is 0 Å². The lowest BCUT2D eigenvalue weighted by molar-refractivity contribution is -0.118. The second-order valence-electron chi connectivity index (χ2n) is 8.05. The van der Waals surface area contributed by atoms with Gasteiger partial charge in [-0.3, -0.25) is 4.79 Å². The fourth-order valence-corrected chi connectivity index (χ4v) is 5.64. The Morgan fingerprint density at radius 3 is 2.59 bits per heavy atom. The van der Waals surface area contributed by atoms with Crippen LogP contribution in [0.4, 0.5) is 10.1 Å². The monoisotopic (exact) mass is 486 g/mol. The van der Waals surface area contributed by atoms with Gasteiger partial charge in [0.15, 0.2) is 0 Å². The van der Waals surface area contributed by atoms with Gasteiger partial charge in [-0.1, -0.05) is 19.0 Å². The van der Waals surface area contributed by atoms with Crippen molar-refractivity contribution in [2.75, 3.05) is 24.5 Å². The Labute approximate surface area is 198 Å². The highest BCUT2D eigenvalue weighted by atomic mass is 32.2. The van der Waals surface area contributed by atoms with Crippen LogP contribution < -0.4 is 4.90 Å². The minimum Gasteiger partial charge on any atom is -0.339 e. The molecule has 1 amide bonds. The van der Waals surface area contributed by atoms with Gasteiger partial charge >= 0.3 is 0 Å². The number of benzene rings is 2. The van der Waals surface area contributed by atoms with Crippen LogP contribution in [0.3, 0.4) is 0 Å². The number of anilines is 1. The first kappa shape index (κ1) is 24.0. The molecule has 1 aromatic heterocycles. The van der Waals surface area contributed by atoms with Crippen molar-refractivity contribution >= 4 is 21.6 Å². The van der Waals surface area contributed by atoms with Gasteiger partial charge in [-0.05, 0) is 60.9 Å². The SMILES string of the molecule is CCN(CC)S(=O)(=O)c1ccc2c(c1)CCCN2C(=O)CCc1nc(-c2ccc(F)cc2)no1. The van der Waals surface area contributed by atoms with Crippen LogP contribution in [0.5, 0.6) is 0 Å². The van der Waals surface area contributed by atoms with Crippen LogP contribution in [-0.4, -0.2) is 48.4 Å². The highest BCUT2D eigenvalue weighted by Gasteiger charge is 2.27. The average molecular weight is 487 g/mol. The quantitative estimate of drug-likeness (QED) is 0.480. The molecule has 0 saturated carbocycles. The third-order valence-electron chi connectivity index (χ3n) is 5.94. The zero-order valence-electron chi connectivity index (χ0n) is 19.2. The molecule has 34 heavy (non-hydrogen) atoms. The summed E-state index contributed by atoms with van der Waals surface area (Å²) < 4.78 is 45.5. The van der Waals surface area contributed by atoms with E-state index >= 15 is 0 Å². The van der Waals surface area contributed by atoms with E-state index in [9.17, 15) is 17.6 Å². The van der Waals surface area contributed by atoms with Crippen LogP contribution in [0.25, 0.3) is 11.4 Å². The van der Waals surface area contributed by atoms with Crippen molar-refractivity contribution in [2.45, 2.75) is 44.4 Å². The molecule has 3 aromatic rings. The summed E-state index contributed by atoms with van der Waals surface area (Å²) in [4.78, 5) is 19.3. The summed E-state index contributed by atoms with van der Waals surface area (Å²) in [5.41, 5.74) is 2.22. The van der Waals surface area contributed by atoms with Gasteiger partial charge in [0.25, 0.3) is 0 Å². The van der Waals surface area contributed by atoms with E-state index < -0.39 is 10.0 Å². The molecule has 0 bridgehead atoms. The van der Waals surface area contributed by atoms with E-state index in [1.165, 1.54) is 16.4 Å². The van der Waals surface area contributed by atoms with E-state index in [1.807, 2.05) is 13.8 Å². The molecule has 0 N–H and O–H groups in total. The number of fused-ring (bicyclic) bond motifs is 1. The summed E-state index contributed by atoms with van der Waals surface area (Å²) in [6, 6.07) is 10.8. The summed E-state index contributed by atoms with van der Waals surface area (Å²) in [7, 11) is -3.56. The highest BCUT2D eigenvalue weighted by Crippen LogP contribution is 2.31. The molecule has 180 valence electrons. The summed E-state index contributed by atoms with van der Waals surface area (Å²) >= 11 is 0. The van der Waals surface area contributed by atoms with E-state index in [0.717, 1.165) is 17.7 Å². The van der Waals surface area contributed by atoms with Crippen molar-refractivity contribution in [3.05, 3.63) is 59.7 Å². The fourth-order valence-electron chi connectivity index (χ4n) is 4.13. The second kappa shape index (κ2) is 10.0. The molecule has 0 spiro atoms. The van der Waals surface area contributed by atoms with Crippen molar-refractivity contribution in [3.63, 3.8) is 0 Å². The Morgan fingerprint density at radius 2 is 1.88 bits per heavy atom. The van der Waals surface area contributed by atoms with Gasteiger partial charge in [0.1, 0.15) is 5.82 Å². The molecule has 0 unspecified atom stereocenters. The Morgan fingerprint density at radius 1 is 1.15 bits per heavy atom. The summed E-state index contributed by atoms with van der Waals surface area (Å²) in [6.45, 7) is 4.99. The Hall–Kier alpha value is -3.11. The third kappa shape index (κ3) is 4.88. The van der Waals surface area contributed by atoms with Crippen LogP contribution in [0, 0.1) is 5.82 Å². The molecule has 2 aromatic carbocycles. The maximum absolute atomic E-state index is 13.1. The summed E-state index contributed by atoms with van der Waals surface area (Å²) in [5, 5.41) is 3.91. The molecule has 10 heteroatoms. The van der Waals surface area contributed by atoms with Crippen molar-refractivity contribution in [1.29, 1.82) is 0 Å². The van der Waals surface area contributed by atoms with Crippen LogP contribution in [0.2, 0.25) is 0 Å². The predicted molar refractivity (Wildman–Crippen MR) is 125 cm³/mol.